The molecule has 0 aliphatic heterocycles. The number of hydrogen-bond acceptors (Lipinski definition) is 6. The lowest BCUT2D eigenvalue weighted by molar-refractivity contribution is 0.0220. The predicted molar refractivity (Wildman–Crippen MR) is 106 cm³/mol. The predicted octanol–water partition coefficient (Wildman–Crippen LogP) is 4.90. The summed E-state index contributed by atoms with van der Waals surface area (Å²) in [5, 5.41) is 9.58. The zero-order valence-corrected chi connectivity index (χ0v) is 17.4. The quantitative estimate of drug-likeness (QED) is 0.319. The standard InChI is InChI=1S/C20H22FN3O3Si/c1-13-7-15(27-12-25-5-6-28(2,3)4)8-14(10-22)18(13)17-9-16(21)19-20(24-17)23-11-26-19/h7-9,11H,5-6,12H2,1-4H3. The van der Waals surface area contributed by atoms with Gasteiger partial charge in [0.1, 0.15) is 5.75 Å². The Morgan fingerprint density at radius 3 is 2.75 bits per heavy atom. The molecule has 146 valence electrons. The van der Waals surface area contributed by atoms with Crippen LogP contribution >= 0.6 is 0 Å². The number of aromatic nitrogens is 2. The van der Waals surface area contributed by atoms with E-state index < -0.39 is 13.9 Å². The molecule has 0 atom stereocenters. The Bertz CT molecular complexity index is 1040. The van der Waals surface area contributed by atoms with Crippen LogP contribution in [0.5, 0.6) is 5.75 Å². The second kappa shape index (κ2) is 8.08. The van der Waals surface area contributed by atoms with Gasteiger partial charge in [0.15, 0.2) is 19.0 Å². The highest BCUT2D eigenvalue weighted by Crippen LogP contribution is 2.32. The number of aryl methyl sites for hydroxylation is 1. The molecule has 0 unspecified atom stereocenters. The number of oxazole rings is 1. The molecule has 0 aliphatic carbocycles. The summed E-state index contributed by atoms with van der Waals surface area (Å²) in [5.41, 5.74) is 2.10. The topological polar surface area (TPSA) is 81.2 Å². The van der Waals surface area contributed by atoms with Crippen LogP contribution < -0.4 is 4.74 Å². The second-order valence-corrected chi connectivity index (χ2v) is 13.4. The van der Waals surface area contributed by atoms with Crippen LogP contribution in [-0.4, -0.2) is 31.4 Å². The zero-order chi connectivity index (χ0) is 20.3. The maximum absolute atomic E-state index is 14.2. The van der Waals surface area contributed by atoms with Gasteiger partial charge in [0, 0.05) is 26.3 Å². The summed E-state index contributed by atoms with van der Waals surface area (Å²) in [7, 11) is -1.15. The number of benzene rings is 1. The first-order chi connectivity index (χ1) is 13.3. The molecule has 2 aromatic heterocycles. The molecule has 1 aromatic carbocycles. The number of nitriles is 1. The number of halogens is 1. The van der Waals surface area contributed by atoms with Crippen molar-refractivity contribution in [3.63, 3.8) is 0 Å². The summed E-state index contributed by atoms with van der Waals surface area (Å²) in [6.07, 6.45) is 1.14. The van der Waals surface area contributed by atoms with Crippen LogP contribution in [0.4, 0.5) is 4.39 Å². The van der Waals surface area contributed by atoms with Gasteiger partial charge < -0.3 is 13.9 Å². The Hall–Kier alpha value is -2.76. The molecule has 0 amide bonds. The minimum atomic E-state index is -1.15. The van der Waals surface area contributed by atoms with Crippen LogP contribution in [0.15, 0.2) is 29.0 Å². The minimum Gasteiger partial charge on any atom is -0.468 e. The van der Waals surface area contributed by atoms with Crippen molar-refractivity contribution in [1.29, 1.82) is 5.26 Å². The highest BCUT2D eigenvalue weighted by molar-refractivity contribution is 6.76. The number of fused-ring (bicyclic) bond motifs is 1. The van der Waals surface area contributed by atoms with Crippen LogP contribution in [0.3, 0.4) is 0 Å². The molecule has 2 heterocycles. The van der Waals surface area contributed by atoms with Crippen molar-refractivity contribution < 1.29 is 18.3 Å². The van der Waals surface area contributed by atoms with E-state index in [1.54, 1.807) is 12.1 Å². The normalized spacial score (nSPS) is 11.6. The highest BCUT2D eigenvalue weighted by atomic mass is 28.3. The Kier molecular flexibility index (Phi) is 5.77. The van der Waals surface area contributed by atoms with Gasteiger partial charge in [-0.2, -0.15) is 10.2 Å². The van der Waals surface area contributed by atoms with Crippen molar-refractivity contribution in [2.45, 2.75) is 32.6 Å². The first-order valence-electron chi connectivity index (χ1n) is 8.94. The fourth-order valence-corrected chi connectivity index (χ4v) is 3.51. The molecule has 0 bridgehead atoms. The second-order valence-electron chi connectivity index (χ2n) is 7.75. The summed E-state index contributed by atoms with van der Waals surface area (Å²) in [6, 6.07) is 7.83. The Balaban J connectivity index is 1.81. The fraction of sp³-hybridized carbons (Fsp3) is 0.350. The smallest absolute Gasteiger partial charge is 0.209 e. The molecule has 28 heavy (non-hydrogen) atoms. The third-order valence-corrected chi connectivity index (χ3v) is 5.95. The monoisotopic (exact) mass is 399 g/mol. The molecule has 0 N–H and O–H groups in total. The summed E-state index contributed by atoms with van der Waals surface area (Å²) in [4.78, 5) is 8.22. The van der Waals surface area contributed by atoms with E-state index >= 15 is 0 Å². The Morgan fingerprint density at radius 1 is 1.25 bits per heavy atom. The van der Waals surface area contributed by atoms with E-state index in [9.17, 15) is 9.65 Å². The largest absolute Gasteiger partial charge is 0.468 e. The van der Waals surface area contributed by atoms with Gasteiger partial charge in [-0.3, -0.25) is 0 Å². The zero-order valence-electron chi connectivity index (χ0n) is 16.4. The van der Waals surface area contributed by atoms with E-state index in [0.29, 0.717) is 29.2 Å². The van der Waals surface area contributed by atoms with Crippen LogP contribution in [-0.2, 0) is 4.74 Å². The van der Waals surface area contributed by atoms with Crippen LogP contribution in [0, 0.1) is 24.1 Å². The summed E-state index contributed by atoms with van der Waals surface area (Å²) in [5.74, 6) is -0.0503. The van der Waals surface area contributed by atoms with Gasteiger partial charge in [-0.25, -0.2) is 9.37 Å². The molecule has 6 nitrogen and oxygen atoms in total. The van der Waals surface area contributed by atoms with E-state index in [-0.39, 0.29) is 18.0 Å². The Morgan fingerprint density at radius 2 is 2.04 bits per heavy atom. The number of nitrogens with zero attached hydrogens (tertiary/aromatic N) is 3. The van der Waals surface area contributed by atoms with E-state index in [4.69, 9.17) is 13.9 Å². The van der Waals surface area contributed by atoms with Gasteiger partial charge in [-0.1, -0.05) is 19.6 Å². The molecule has 3 rings (SSSR count). The van der Waals surface area contributed by atoms with Gasteiger partial charge in [0.05, 0.1) is 17.3 Å². The maximum atomic E-state index is 14.2. The van der Waals surface area contributed by atoms with Crippen molar-refractivity contribution in [1.82, 2.24) is 9.97 Å². The molecule has 0 radical (unpaired) electrons. The number of hydrogen-bond donors (Lipinski definition) is 0. The SMILES string of the molecule is Cc1cc(OCOCC[Si](C)(C)C)cc(C#N)c1-c1cc(F)c2ocnc2n1. The Labute approximate surface area is 163 Å². The number of pyridine rings is 1. The van der Waals surface area contributed by atoms with Crippen molar-refractivity contribution in [2.24, 2.45) is 0 Å². The molecule has 8 heteroatoms. The molecular formula is C20H22FN3O3Si. The van der Waals surface area contributed by atoms with E-state index in [0.717, 1.165) is 18.0 Å². The summed E-state index contributed by atoms with van der Waals surface area (Å²) >= 11 is 0. The highest BCUT2D eigenvalue weighted by Gasteiger charge is 2.17. The van der Waals surface area contributed by atoms with Crippen molar-refractivity contribution in [3.8, 4) is 23.1 Å². The van der Waals surface area contributed by atoms with E-state index in [1.165, 1.54) is 6.07 Å². The van der Waals surface area contributed by atoms with Gasteiger partial charge in [0.2, 0.25) is 11.2 Å². The van der Waals surface area contributed by atoms with Gasteiger partial charge in [-0.05, 0) is 30.7 Å². The molecule has 0 saturated carbocycles. The maximum Gasteiger partial charge on any atom is 0.209 e. The summed E-state index contributed by atoms with van der Waals surface area (Å²) < 4.78 is 30.4. The van der Waals surface area contributed by atoms with Gasteiger partial charge in [-0.15, -0.1) is 0 Å². The fourth-order valence-electron chi connectivity index (χ4n) is 2.76. The molecule has 0 spiro atoms. The van der Waals surface area contributed by atoms with E-state index in [2.05, 4.69) is 35.7 Å². The van der Waals surface area contributed by atoms with E-state index in [1.807, 2.05) is 6.92 Å². The number of ether oxygens (including phenoxy) is 2. The lowest BCUT2D eigenvalue weighted by Gasteiger charge is -2.16. The van der Waals surface area contributed by atoms with Crippen LogP contribution in [0.1, 0.15) is 11.1 Å². The first kappa shape index (κ1) is 20.0. The first-order valence-corrected chi connectivity index (χ1v) is 12.6. The molecule has 0 aliphatic rings. The lowest BCUT2D eigenvalue weighted by Crippen LogP contribution is -2.22. The molecule has 3 aromatic rings. The van der Waals surface area contributed by atoms with Crippen molar-refractivity contribution >= 4 is 19.3 Å². The molecule has 0 saturated heterocycles. The van der Waals surface area contributed by atoms with Crippen molar-refractivity contribution in [2.75, 3.05) is 13.4 Å². The summed E-state index contributed by atoms with van der Waals surface area (Å²) in [6.45, 7) is 9.44. The van der Waals surface area contributed by atoms with Gasteiger partial charge >= 0.3 is 0 Å². The van der Waals surface area contributed by atoms with Crippen molar-refractivity contribution in [3.05, 3.63) is 41.5 Å². The third kappa shape index (κ3) is 4.55. The van der Waals surface area contributed by atoms with Gasteiger partial charge in [0.25, 0.3) is 0 Å². The average Bonchev–Trinajstić information content (AvgIpc) is 3.09. The van der Waals surface area contributed by atoms with Crippen LogP contribution in [0.25, 0.3) is 22.5 Å². The molecular weight excluding hydrogens is 377 g/mol. The average molecular weight is 399 g/mol. The number of rotatable bonds is 7. The third-order valence-electron chi connectivity index (χ3n) is 4.25. The minimum absolute atomic E-state index is 0.00432. The molecule has 0 fully saturated rings. The van der Waals surface area contributed by atoms with Crippen LogP contribution in [0.2, 0.25) is 25.7 Å². The lowest BCUT2D eigenvalue weighted by atomic mass is 9.98.